The van der Waals surface area contributed by atoms with Gasteiger partial charge in [0, 0.05) is 14.2 Å². The molecule has 0 saturated heterocycles. The molecular formula is C9H14N2O2S. The fraction of sp³-hybridized carbons (Fsp3) is 0.444. The third-order valence-electron chi connectivity index (χ3n) is 1.74. The van der Waals surface area contributed by atoms with Crippen LogP contribution in [0.1, 0.15) is 4.88 Å². The third-order valence-corrected chi connectivity index (χ3v) is 2.63. The van der Waals surface area contributed by atoms with Crippen molar-refractivity contribution in [2.45, 2.75) is 6.29 Å². The van der Waals surface area contributed by atoms with Crippen LogP contribution in [-0.4, -0.2) is 32.9 Å². The Kier molecular flexibility index (Phi) is 4.58. The van der Waals surface area contributed by atoms with Crippen LogP contribution >= 0.6 is 11.3 Å². The van der Waals surface area contributed by atoms with Gasteiger partial charge in [0.05, 0.1) is 11.4 Å². The SMILES string of the molecule is COC(CNC(=N)c1cccs1)OC. The van der Waals surface area contributed by atoms with E-state index in [1.54, 1.807) is 14.2 Å². The van der Waals surface area contributed by atoms with Crippen LogP contribution in [0.15, 0.2) is 17.5 Å². The second-order valence-electron chi connectivity index (χ2n) is 2.63. The van der Waals surface area contributed by atoms with Gasteiger partial charge in [0.15, 0.2) is 6.29 Å². The first-order valence-electron chi connectivity index (χ1n) is 4.19. The topological polar surface area (TPSA) is 54.3 Å². The summed E-state index contributed by atoms with van der Waals surface area (Å²) < 4.78 is 9.98. The van der Waals surface area contributed by atoms with E-state index in [0.717, 1.165) is 4.88 Å². The highest BCUT2D eigenvalue weighted by molar-refractivity contribution is 7.12. The normalized spacial score (nSPS) is 10.5. The van der Waals surface area contributed by atoms with Crippen LogP contribution in [0, 0.1) is 5.41 Å². The van der Waals surface area contributed by atoms with Gasteiger partial charge in [-0.25, -0.2) is 0 Å². The fourth-order valence-corrected chi connectivity index (χ4v) is 1.61. The lowest BCUT2D eigenvalue weighted by atomic mass is 10.4. The maximum Gasteiger partial charge on any atom is 0.173 e. The quantitative estimate of drug-likeness (QED) is 0.441. The van der Waals surface area contributed by atoms with E-state index in [2.05, 4.69) is 5.32 Å². The maximum atomic E-state index is 7.68. The molecule has 0 radical (unpaired) electrons. The van der Waals surface area contributed by atoms with Crippen molar-refractivity contribution >= 4 is 17.2 Å². The van der Waals surface area contributed by atoms with Crippen molar-refractivity contribution in [2.24, 2.45) is 0 Å². The average Bonchev–Trinajstić information content (AvgIpc) is 2.72. The summed E-state index contributed by atoms with van der Waals surface area (Å²) >= 11 is 1.53. The molecule has 0 saturated carbocycles. The predicted octanol–water partition coefficient (Wildman–Crippen LogP) is 1.28. The molecular weight excluding hydrogens is 200 g/mol. The van der Waals surface area contributed by atoms with Gasteiger partial charge in [-0.15, -0.1) is 11.3 Å². The number of hydrogen-bond acceptors (Lipinski definition) is 4. The van der Waals surface area contributed by atoms with Crippen molar-refractivity contribution in [3.63, 3.8) is 0 Å². The molecule has 78 valence electrons. The lowest BCUT2D eigenvalue weighted by Crippen LogP contribution is -2.33. The van der Waals surface area contributed by atoms with E-state index >= 15 is 0 Å². The first kappa shape index (κ1) is 11.2. The summed E-state index contributed by atoms with van der Waals surface area (Å²) in [6.45, 7) is 0.476. The number of ether oxygens (including phenoxy) is 2. The Morgan fingerprint density at radius 2 is 2.29 bits per heavy atom. The molecule has 0 bridgehead atoms. The molecule has 4 nitrogen and oxygen atoms in total. The van der Waals surface area contributed by atoms with Gasteiger partial charge in [0.2, 0.25) is 0 Å². The molecule has 2 N–H and O–H groups in total. The van der Waals surface area contributed by atoms with E-state index in [1.807, 2.05) is 17.5 Å². The van der Waals surface area contributed by atoms with Gasteiger partial charge in [-0.3, -0.25) is 5.41 Å². The van der Waals surface area contributed by atoms with E-state index in [0.29, 0.717) is 12.4 Å². The molecule has 0 aliphatic heterocycles. The van der Waals surface area contributed by atoms with Crippen molar-refractivity contribution in [3.05, 3.63) is 22.4 Å². The van der Waals surface area contributed by atoms with Crippen molar-refractivity contribution in [1.29, 1.82) is 5.41 Å². The maximum absolute atomic E-state index is 7.68. The van der Waals surface area contributed by atoms with E-state index in [-0.39, 0.29) is 6.29 Å². The van der Waals surface area contributed by atoms with Crippen molar-refractivity contribution in [2.75, 3.05) is 20.8 Å². The zero-order valence-electron chi connectivity index (χ0n) is 8.24. The molecule has 0 atom stereocenters. The highest BCUT2D eigenvalue weighted by atomic mass is 32.1. The highest BCUT2D eigenvalue weighted by Crippen LogP contribution is 2.07. The van der Waals surface area contributed by atoms with Gasteiger partial charge in [0.25, 0.3) is 0 Å². The second-order valence-corrected chi connectivity index (χ2v) is 3.58. The zero-order valence-corrected chi connectivity index (χ0v) is 9.06. The Labute approximate surface area is 87.4 Å². The summed E-state index contributed by atoms with van der Waals surface area (Å²) in [5.41, 5.74) is 0. The lowest BCUT2D eigenvalue weighted by Gasteiger charge is -2.14. The highest BCUT2D eigenvalue weighted by Gasteiger charge is 2.07. The first-order chi connectivity index (χ1) is 6.77. The smallest absolute Gasteiger partial charge is 0.173 e. The number of amidine groups is 1. The third kappa shape index (κ3) is 3.10. The van der Waals surface area contributed by atoms with Crippen LogP contribution in [0.4, 0.5) is 0 Å². The van der Waals surface area contributed by atoms with Gasteiger partial charge in [0.1, 0.15) is 5.84 Å². The van der Waals surface area contributed by atoms with Crippen LogP contribution in [0.5, 0.6) is 0 Å². The molecule has 1 aromatic rings. The number of methoxy groups -OCH3 is 2. The molecule has 0 spiro atoms. The summed E-state index contributed by atoms with van der Waals surface area (Å²) in [7, 11) is 3.15. The Bertz CT molecular complexity index is 270. The van der Waals surface area contributed by atoms with E-state index in [9.17, 15) is 0 Å². The molecule has 0 aliphatic carbocycles. The minimum Gasteiger partial charge on any atom is -0.364 e. The monoisotopic (exact) mass is 214 g/mol. The molecule has 0 aliphatic rings. The molecule has 0 unspecified atom stereocenters. The van der Waals surface area contributed by atoms with Crippen LogP contribution in [0.3, 0.4) is 0 Å². The number of hydrogen-bond donors (Lipinski definition) is 2. The lowest BCUT2D eigenvalue weighted by molar-refractivity contribution is -0.0965. The van der Waals surface area contributed by atoms with Crippen LogP contribution in [0.25, 0.3) is 0 Å². The van der Waals surface area contributed by atoms with Crippen LogP contribution in [0.2, 0.25) is 0 Å². The summed E-state index contributed by atoms with van der Waals surface area (Å²) in [5.74, 6) is 0.402. The second kappa shape index (κ2) is 5.74. The van der Waals surface area contributed by atoms with Gasteiger partial charge in [-0.2, -0.15) is 0 Å². The first-order valence-corrected chi connectivity index (χ1v) is 5.07. The zero-order chi connectivity index (χ0) is 10.4. The van der Waals surface area contributed by atoms with Crippen molar-refractivity contribution in [1.82, 2.24) is 5.32 Å². The summed E-state index contributed by atoms with van der Waals surface area (Å²) in [6, 6.07) is 3.81. The van der Waals surface area contributed by atoms with E-state index in [4.69, 9.17) is 14.9 Å². The summed E-state index contributed by atoms with van der Waals surface area (Å²) in [5, 5.41) is 12.5. The van der Waals surface area contributed by atoms with Crippen LogP contribution in [-0.2, 0) is 9.47 Å². The Morgan fingerprint density at radius 1 is 1.57 bits per heavy atom. The molecule has 0 aromatic carbocycles. The Morgan fingerprint density at radius 3 is 2.79 bits per heavy atom. The molecule has 1 heterocycles. The average molecular weight is 214 g/mol. The Balaban J connectivity index is 2.35. The molecule has 0 amide bonds. The largest absolute Gasteiger partial charge is 0.364 e. The number of thiophene rings is 1. The number of rotatable bonds is 5. The van der Waals surface area contributed by atoms with Crippen molar-refractivity contribution < 1.29 is 9.47 Å². The van der Waals surface area contributed by atoms with Crippen LogP contribution < -0.4 is 5.32 Å². The van der Waals surface area contributed by atoms with E-state index < -0.39 is 0 Å². The van der Waals surface area contributed by atoms with Crippen molar-refractivity contribution in [3.8, 4) is 0 Å². The van der Waals surface area contributed by atoms with Gasteiger partial charge >= 0.3 is 0 Å². The molecule has 14 heavy (non-hydrogen) atoms. The fourth-order valence-electron chi connectivity index (χ4n) is 0.956. The summed E-state index contributed by atoms with van der Waals surface area (Å²) in [4.78, 5) is 0.913. The van der Waals surface area contributed by atoms with Gasteiger partial charge in [-0.05, 0) is 11.4 Å². The van der Waals surface area contributed by atoms with Gasteiger partial charge < -0.3 is 14.8 Å². The Hall–Kier alpha value is -0.910. The van der Waals surface area contributed by atoms with Gasteiger partial charge in [-0.1, -0.05) is 6.07 Å². The standard InChI is InChI=1S/C9H14N2O2S/c1-12-8(13-2)6-11-9(10)7-4-3-5-14-7/h3-5,8H,6H2,1-2H3,(H2,10,11). The summed E-state index contributed by atoms with van der Waals surface area (Å²) in [6.07, 6.45) is -0.310. The molecule has 1 aromatic heterocycles. The molecule has 1 rings (SSSR count). The minimum absolute atomic E-state index is 0.310. The molecule has 5 heteroatoms. The van der Waals surface area contributed by atoms with E-state index in [1.165, 1.54) is 11.3 Å². The minimum atomic E-state index is -0.310. The number of nitrogens with one attached hydrogen (secondary N) is 2. The predicted molar refractivity (Wildman–Crippen MR) is 57.0 cm³/mol. The molecule has 0 fully saturated rings.